The van der Waals surface area contributed by atoms with Crippen LogP contribution in [0.1, 0.15) is 31.1 Å². The van der Waals surface area contributed by atoms with Crippen LogP contribution in [-0.2, 0) is 7.05 Å². The molecule has 90 valence electrons. The predicted molar refractivity (Wildman–Crippen MR) is 68.7 cm³/mol. The number of Topliss-reactive ketones (excluding diaryl/α,β-unsaturated/α-hetero) is 1. The molecule has 1 aromatic carbocycles. The molecule has 1 aromatic heterocycles. The van der Waals surface area contributed by atoms with E-state index in [-0.39, 0.29) is 11.9 Å². The molecule has 1 heterocycles. The van der Waals surface area contributed by atoms with E-state index in [0.717, 1.165) is 22.2 Å². The Morgan fingerprint density at radius 3 is 2.65 bits per heavy atom. The highest BCUT2D eigenvalue weighted by Crippen LogP contribution is 2.26. The summed E-state index contributed by atoms with van der Waals surface area (Å²) in [7, 11) is 1.94. The van der Waals surface area contributed by atoms with Crippen molar-refractivity contribution in [2.45, 2.75) is 26.9 Å². The molecule has 0 saturated carbocycles. The Balaban J connectivity index is 2.58. The van der Waals surface area contributed by atoms with Gasteiger partial charge in [0, 0.05) is 29.7 Å². The van der Waals surface area contributed by atoms with E-state index in [1.54, 1.807) is 6.92 Å². The number of fused-ring (bicyclic) bond motifs is 1. The summed E-state index contributed by atoms with van der Waals surface area (Å²) in [6.45, 7) is 5.56. The largest absolute Gasteiger partial charge is 0.491 e. The number of ether oxygens (including phenoxy) is 1. The number of rotatable bonds is 3. The van der Waals surface area contributed by atoms with Crippen LogP contribution in [0, 0.1) is 0 Å². The molecule has 2 rings (SSSR count). The number of hydrogen-bond donors (Lipinski definition) is 0. The molecule has 3 heteroatoms. The van der Waals surface area contributed by atoms with Gasteiger partial charge in [0.25, 0.3) is 0 Å². The molecule has 0 unspecified atom stereocenters. The summed E-state index contributed by atoms with van der Waals surface area (Å²) in [4.78, 5) is 11.6. The minimum atomic E-state index is 0.0808. The van der Waals surface area contributed by atoms with Crippen molar-refractivity contribution in [2.75, 3.05) is 0 Å². The van der Waals surface area contributed by atoms with E-state index in [1.807, 2.05) is 49.9 Å². The molecule has 0 N–H and O–H groups in total. The van der Waals surface area contributed by atoms with Gasteiger partial charge in [-0.3, -0.25) is 4.79 Å². The van der Waals surface area contributed by atoms with Crippen molar-refractivity contribution in [2.24, 2.45) is 7.05 Å². The van der Waals surface area contributed by atoms with Gasteiger partial charge in [-0.05, 0) is 39.0 Å². The van der Waals surface area contributed by atoms with E-state index in [0.29, 0.717) is 0 Å². The summed E-state index contributed by atoms with van der Waals surface area (Å²) in [5, 5.41) is 0.957. The highest BCUT2D eigenvalue weighted by atomic mass is 16.5. The Hall–Kier alpha value is -1.77. The van der Waals surface area contributed by atoms with Crippen LogP contribution in [-0.4, -0.2) is 16.5 Å². The zero-order chi connectivity index (χ0) is 12.6. The van der Waals surface area contributed by atoms with Crippen LogP contribution in [0.2, 0.25) is 0 Å². The molecule has 0 aliphatic rings. The summed E-state index contributed by atoms with van der Waals surface area (Å²) in [6, 6.07) is 5.86. The number of hydrogen-bond acceptors (Lipinski definition) is 2. The third-order valence-corrected chi connectivity index (χ3v) is 2.71. The summed E-state index contributed by atoms with van der Waals surface area (Å²) in [5.74, 6) is 0.887. The van der Waals surface area contributed by atoms with Gasteiger partial charge in [0.15, 0.2) is 5.78 Å². The number of nitrogens with zero attached hydrogens (tertiary/aromatic N) is 1. The van der Waals surface area contributed by atoms with Crippen LogP contribution in [0.4, 0.5) is 0 Å². The highest BCUT2D eigenvalue weighted by molar-refractivity contribution is 6.07. The first-order valence-corrected chi connectivity index (χ1v) is 5.75. The molecule has 2 aromatic rings. The molecule has 0 amide bonds. The topological polar surface area (TPSA) is 31.2 Å². The van der Waals surface area contributed by atoms with Gasteiger partial charge in [0.1, 0.15) is 5.75 Å². The smallest absolute Gasteiger partial charge is 0.161 e. The van der Waals surface area contributed by atoms with E-state index in [2.05, 4.69) is 0 Å². The summed E-state index contributed by atoms with van der Waals surface area (Å²) in [6.07, 6.45) is 2.00. The fourth-order valence-electron chi connectivity index (χ4n) is 2.00. The van der Waals surface area contributed by atoms with Gasteiger partial charge in [-0.1, -0.05) is 0 Å². The number of aromatic nitrogens is 1. The van der Waals surface area contributed by atoms with E-state index in [4.69, 9.17) is 4.74 Å². The number of benzene rings is 1. The second-order valence-electron chi connectivity index (χ2n) is 4.56. The van der Waals surface area contributed by atoms with Crippen molar-refractivity contribution in [3.63, 3.8) is 0 Å². The van der Waals surface area contributed by atoms with E-state index in [1.165, 1.54) is 0 Å². The molecule has 0 aliphatic heterocycles. The normalized spacial score (nSPS) is 11.1. The molecule has 0 radical (unpaired) electrons. The SMILES string of the molecule is CC(=O)c1cn(C)c2ccc(OC(C)C)cc12. The van der Waals surface area contributed by atoms with Gasteiger partial charge in [-0.15, -0.1) is 0 Å². The highest BCUT2D eigenvalue weighted by Gasteiger charge is 2.11. The first kappa shape index (κ1) is 11.7. The quantitative estimate of drug-likeness (QED) is 0.760. The van der Waals surface area contributed by atoms with Gasteiger partial charge >= 0.3 is 0 Å². The zero-order valence-corrected chi connectivity index (χ0v) is 10.7. The summed E-state index contributed by atoms with van der Waals surface area (Å²) >= 11 is 0. The molecule has 0 atom stereocenters. The average molecular weight is 231 g/mol. The monoisotopic (exact) mass is 231 g/mol. The second kappa shape index (κ2) is 4.24. The Bertz CT molecular complexity index is 567. The molecular formula is C14H17NO2. The third-order valence-electron chi connectivity index (χ3n) is 2.71. The van der Waals surface area contributed by atoms with Crippen molar-refractivity contribution in [1.82, 2.24) is 4.57 Å². The van der Waals surface area contributed by atoms with Gasteiger partial charge in [-0.2, -0.15) is 0 Å². The molecule has 3 nitrogen and oxygen atoms in total. The van der Waals surface area contributed by atoms with Crippen LogP contribution >= 0.6 is 0 Å². The van der Waals surface area contributed by atoms with E-state index >= 15 is 0 Å². The number of carbonyl (C=O) groups is 1. The Morgan fingerprint density at radius 2 is 2.06 bits per heavy atom. The van der Waals surface area contributed by atoms with E-state index in [9.17, 15) is 4.79 Å². The third kappa shape index (κ3) is 2.18. The summed E-state index contributed by atoms with van der Waals surface area (Å²) < 4.78 is 7.61. The van der Waals surface area contributed by atoms with Crippen molar-refractivity contribution < 1.29 is 9.53 Å². The maximum Gasteiger partial charge on any atom is 0.161 e. The molecular weight excluding hydrogens is 214 g/mol. The van der Waals surface area contributed by atoms with Crippen molar-refractivity contribution in [3.8, 4) is 5.75 Å². The van der Waals surface area contributed by atoms with Gasteiger partial charge in [0.2, 0.25) is 0 Å². The van der Waals surface area contributed by atoms with Crippen LogP contribution in [0.3, 0.4) is 0 Å². The van der Waals surface area contributed by atoms with Crippen LogP contribution in [0.15, 0.2) is 24.4 Å². The standard InChI is InChI=1S/C14H17NO2/c1-9(2)17-11-5-6-14-12(7-11)13(10(3)16)8-15(14)4/h5-9H,1-4H3. The lowest BCUT2D eigenvalue weighted by molar-refractivity contribution is 0.101. The lowest BCUT2D eigenvalue weighted by atomic mass is 10.1. The second-order valence-corrected chi connectivity index (χ2v) is 4.56. The van der Waals surface area contributed by atoms with Crippen LogP contribution in [0.5, 0.6) is 5.75 Å². The molecule has 17 heavy (non-hydrogen) atoms. The fraction of sp³-hybridized carbons (Fsp3) is 0.357. The lowest BCUT2D eigenvalue weighted by Crippen LogP contribution is -2.05. The number of aryl methyl sites for hydroxylation is 1. The lowest BCUT2D eigenvalue weighted by Gasteiger charge is -2.09. The average Bonchev–Trinajstić information content (AvgIpc) is 2.55. The van der Waals surface area contributed by atoms with Crippen LogP contribution < -0.4 is 4.74 Å². The van der Waals surface area contributed by atoms with E-state index < -0.39 is 0 Å². The Kier molecular flexibility index (Phi) is 2.92. The maximum absolute atomic E-state index is 11.6. The minimum absolute atomic E-state index is 0.0808. The van der Waals surface area contributed by atoms with Gasteiger partial charge in [-0.25, -0.2) is 0 Å². The molecule has 0 spiro atoms. The van der Waals surface area contributed by atoms with Gasteiger partial charge in [0.05, 0.1) is 6.10 Å². The van der Waals surface area contributed by atoms with Crippen molar-refractivity contribution in [3.05, 3.63) is 30.0 Å². The molecule has 0 saturated heterocycles. The van der Waals surface area contributed by atoms with Crippen molar-refractivity contribution >= 4 is 16.7 Å². The number of ketones is 1. The minimum Gasteiger partial charge on any atom is -0.491 e. The summed E-state index contributed by atoms with van der Waals surface area (Å²) in [5.41, 5.74) is 1.79. The number of carbonyl (C=O) groups excluding carboxylic acids is 1. The van der Waals surface area contributed by atoms with Crippen LogP contribution in [0.25, 0.3) is 10.9 Å². The van der Waals surface area contributed by atoms with Gasteiger partial charge < -0.3 is 9.30 Å². The fourth-order valence-corrected chi connectivity index (χ4v) is 2.00. The van der Waals surface area contributed by atoms with Crippen molar-refractivity contribution in [1.29, 1.82) is 0 Å². The first-order chi connectivity index (χ1) is 7.99. The Morgan fingerprint density at radius 1 is 1.35 bits per heavy atom. The zero-order valence-electron chi connectivity index (χ0n) is 10.7. The predicted octanol–water partition coefficient (Wildman–Crippen LogP) is 3.17. The maximum atomic E-state index is 11.6. The molecule has 0 fully saturated rings. The Labute approximate surface area is 101 Å². The first-order valence-electron chi connectivity index (χ1n) is 5.75. The molecule has 0 aliphatic carbocycles. The molecule has 0 bridgehead atoms.